The molecule has 8 nitrogen and oxygen atoms in total. The highest BCUT2D eigenvalue weighted by Gasteiger charge is 2.19. The fourth-order valence-electron chi connectivity index (χ4n) is 4.13. The third kappa shape index (κ3) is 7.41. The number of rotatable bonds is 10. The van der Waals surface area contributed by atoms with Gasteiger partial charge in [0.05, 0.1) is 11.3 Å². The number of ether oxygens (including phenoxy) is 1. The van der Waals surface area contributed by atoms with Gasteiger partial charge < -0.3 is 15.0 Å². The summed E-state index contributed by atoms with van der Waals surface area (Å²) < 4.78 is 33.6. The molecule has 1 aliphatic heterocycles. The highest BCUT2D eigenvalue weighted by molar-refractivity contribution is 7.89. The van der Waals surface area contributed by atoms with Crippen LogP contribution in [0.1, 0.15) is 36.9 Å². The van der Waals surface area contributed by atoms with E-state index >= 15 is 0 Å². The molecule has 1 aliphatic rings. The van der Waals surface area contributed by atoms with Crippen molar-refractivity contribution in [3.05, 3.63) is 90.0 Å². The minimum Gasteiger partial charge on any atom is -0.484 e. The number of amides is 2. The van der Waals surface area contributed by atoms with Crippen molar-refractivity contribution in [1.29, 1.82) is 0 Å². The second-order valence-electron chi connectivity index (χ2n) is 9.02. The molecule has 0 aliphatic carbocycles. The van der Waals surface area contributed by atoms with Gasteiger partial charge in [-0.25, -0.2) is 13.1 Å². The quantitative estimate of drug-likeness (QED) is 0.421. The SMILES string of the molecule is C[C@@H](NS(=O)(=O)c1ccc(OCC(=O)Nc2ccc(CC(=O)N3CCCC3)cc2)cc1)c1ccccc1. The summed E-state index contributed by atoms with van der Waals surface area (Å²) in [7, 11) is -3.72. The third-order valence-electron chi connectivity index (χ3n) is 6.19. The largest absolute Gasteiger partial charge is 0.484 e. The maximum atomic E-state index is 12.7. The van der Waals surface area contributed by atoms with E-state index in [1.54, 1.807) is 19.1 Å². The zero-order chi connectivity index (χ0) is 26.3. The molecule has 4 rings (SSSR count). The summed E-state index contributed by atoms with van der Waals surface area (Å²) in [6, 6.07) is 22.0. The Labute approximate surface area is 217 Å². The lowest BCUT2D eigenvalue weighted by molar-refractivity contribution is -0.129. The van der Waals surface area contributed by atoms with E-state index in [9.17, 15) is 18.0 Å². The zero-order valence-electron chi connectivity index (χ0n) is 20.7. The first-order chi connectivity index (χ1) is 17.8. The minimum atomic E-state index is -3.72. The van der Waals surface area contributed by atoms with E-state index in [4.69, 9.17) is 4.74 Å². The van der Waals surface area contributed by atoms with Crippen LogP contribution in [0.3, 0.4) is 0 Å². The summed E-state index contributed by atoms with van der Waals surface area (Å²) >= 11 is 0. The molecule has 1 saturated heterocycles. The lowest BCUT2D eigenvalue weighted by atomic mass is 10.1. The molecule has 9 heteroatoms. The van der Waals surface area contributed by atoms with Gasteiger partial charge in [0.25, 0.3) is 5.91 Å². The standard InChI is InChI=1S/C28H31N3O5S/c1-21(23-7-3-2-4-8-23)30-37(34,35)26-15-13-25(14-16-26)36-20-27(32)29-24-11-9-22(10-12-24)19-28(33)31-17-5-6-18-31/h2-4,7-16,21,30H,5-6,17-20H2,1H3,(H,29,32)/t21-/m1/s1. The Kier molecular flexibility index (Phi) is 8.58. The predicted octanol–water partition coefficient (Wildman–Crippen LogP) is 3.91. The van der Waals surface area contributed by atoms with Crippen LogP contribution in [-0.2, 0) is 26.0 Å². The lowest BCUT2D eigenvalue weighted by Crippen LogP contribution is -2.29. The fourth-order valence-corrected chi connectivity index (χ4v) is 5.36. The van der Waals surface area contributed by atoms with Crippen molar-refractivity contribution in [3.63, 3.8) is 0 Å². The number of nitrogens with zero attached hydrogens (tertiary/aromatic N) is 1. The Hall–Kier alpha value is -3.69. The number of hydrogen-bond acceptors (Lipinski definition) is 5. The minimum absolute atomic E-state index is 0.107. The first-order valence-electron chi connectivity index (χ1n) is 12.3. The van der Waals surface area contributed by atoms with E-state index in [1.165, 1.54) is 24.3 Å². The summed E-state index contributed by atoms with van der Waals surface area (Å²) in [5.41, 5.74) is 2.36. The second kappa shape index (κ2) is 12.0. The van der Waals surface area contributed by atoms with E-state index in [1.807, 2.05) is 47.4 Å². The Morgan fingerprint density at radius 2 is 1.57 bits per heavy atom. The molecule has 0 unspecified atom stereocenters. The van der Waals surface area contributed by atoms with Crippen molar-refractivity contribution in [2.75, 3.05) is 25.0 Å². The molecule has 0 bridgehead atoms. The van der Waals surface area contributed by atoms with Crippen molar-refractivity contribution >= 4 is 27.5 Å². The molecule has 1 atom stereocenters. The molecule has 0 radical (unpaired) electrons. The first-order valence-corrected chi connectivity index (χ1v) is 13.8. The van der Waals surface area contributed by atoms with Gasteiger partial charge >= 0.3 is 0 Å². The summed E-state index contributed by atoms with van der Waals surface area (Å²) in [5.74, 6) is 0.153. The number of nitrogens with one attached hydrogen (secondary N) is 2. The number of carbonyl (C=O) groups excluding carboxylic acids is 2. The first kappa shape index (κ1) is 26.4. The molecule has 37 heavy (non-hydrogen) atoms. The van der Waals surface area contributed by atoms with Crippen LogP contribution in [0.15, 0.2) is 83.8 Å². The monoisotopic (exact) mass is 521 g/mol. The van der Waals surface area contributed by atoms with E-state index in [0.717, 1.165) is 37.1 Å². The van der Waals surface area contributed by atoms with Crippen molar-refractivity contribution in [3.8, 4) is 5.75 Å². The lowest BCUT2D eigenvalue weighted by Gasteiger charge is -2.15. The van der Waals surface area contributed by atoms with Gasteiger partial charge in [0.15, 0.2) is 6.61 Å². The second-order valence-corrected chi connectivity index (χ2v) is 10.7. The third-order valence-corrected chi connectivity index (χ3v) is 7.74. The molecule has 1 heterocycles. The van der Waals surface area contributed by atoms with Gasteiger partial charge in [0, 0.05) is 24.8 Å². The van der Waals surface area contributed by atoms with E-state index in [2.05, 4.69) is 10.0 Å². The van der Waals surface area contributed by atoms with Gasteiger partial charge in [-0.1, -0.05) is 42.5 Å². The molecule has 1 fully saturated rings. The van der Waals surface area contributed by atoms with Crippen LogP contribution < -0.4 is 14.8 Å². The molecule has 0 aromatic heterocycles. The molecule has 194 valence electrons. The normalized spacial score (nSPS) is 14.2. The molecule has 3 aromatic rings. The van der Waals surface area contributed by atoms with Crippen LogP contribution in [0.2, 0.25) is 0 Å². The van der Waals surface area contributed by atoms with Gasteiger partial charge in [0.2, 0.25) is 15.9 Å². The molecule has 0 spiro atoms. The van der Waals surface area contributed by atoms with Crippen LogP contribution in [0, 0.1) is 0 Å². The van der Waals surface area contributed by atoms with Crippen LogP contribution in [-0.4, -0.2) is 44.8 Å². The van der Waals surface area contributed by atoms with Crippen molar-refractivity contribution in [2.24, 2.45) is 0 Å². The zero-order valence-corrected chi connectivity index (χ0v) is 21.5. The van der Waals surface area contributed by atoms with Crippen LogP contribution in [0.25, 0.3) is 0 Å². The number of benzene rings is 3. The van der Waals surface area contributed by atoms with E-state index in [-0.39, 0.29) is 29.4 Å². The summed E-state index contributed by atoms with van der Waals surface area (Å²) in [4.78, 5) is 26.6. The molecule has 0 saturated carbocycles. The summed E-state index contributed by atoms with van der Waals surface area (Å²) in [6.07, 6.45) is 2.48. The van der Waals surface area contributed by atoms with E-state index in [0.29, 0.717) is 17.9 Å². The maximum Gasteiger partial charge on any atom is 0.262 e. The van der Waals surface area contributed by atoms with Crippen molar-refractivity contribution in [1.82, 2.24) is 9.62 Å². The van der Waals surface area contributed by atoms with Gasteiger partial charge in [-0.2, -0.15) is 0 Å². The number of likely N-dealkylation sites (tertiary alicyclic amines) is 1. The maximum absolute atomic E-state index is 12.7. The Bertz CT molecular complexity index is 1300. The van der Waals surface area contributed by atoms with Crippen LogP contribution >= 0.6 is 0 Å². The summed E-state index contributed by atoms with van der Waals surface area (Å²) in [5, 5.41) is 2.76. The Morgan fingerprint density at radius 3 is 2.22 bits per heavy atom. The average molecular weight is 522 g/mol. The van der Waals surface area contributed by atoms with E-state index < -0.39 is 10.0 Å². The van der Waals surface area contributed by atoms with Gasteiger partial charge in [0.1, 0.15) is 5.75 Å². The topological polar surface area (TPSA) is 105 Å². The van der Waals surface area contributed by atoms with Gasteiger partial charge in [-0.15, -0.1) is 0 Å². The van der Waals surface area contributed by atoms with Crippen LogP contribution in [0.5, 0.6) is 5.75 Å². The number of sulfonamides is 1. The summed E-state index contributed by atoms with van der Waals surface area (Å²) in [6.45, 7) is 3.21. The average Bonchev–Trinajstić information content (AvgIpc) is 3.45. The molecule has 3 aromatic carbocycles. The molecule has 2 N–H and O–H groups in total. The highest BCUT2D eigenvalue weighted by Crippen LogP contribution is 2.20. The van der Waals surface area contributed by atoms with Crippen molar-refractivity contribution in [2.45, 2.75) is 37.1 Å². The van der Waals surface area contributed by atoms with Gasteiger partial charge in [-0.05, 0) is 67.3 Å². The molecule has 2 amide bonds. The smallest absolute Gasteiger partial charge is 0.262 e. The number of carbonyl (C=O) groups is 2. The predicted molar refractivity (Wildman–Crippen MR) is 142 cm³/mol. The fraction of sp³-hybridized carbons (Fsp3) is 0.286. The molecular weight excluding hydrogens is 490 g/mol. The van der Waals surface area contributed by atoms with Gasteiger partial charge in [-0.3, -0.25) is 9.59 Å². The number of hydrogen-bond donors (Lipinski definition) is 2. The highest BCUT2D eigenvalue weighted by atomic mass is 32.2. The number of anilines is 1. The Balaban J connectivity index is 1.24. The Morgan fingerprint density at radius 1 is 0.919 bits per heavy atom. The molecular formula is C28H31N3O5S. The van der Waals surface area contributed by atoms with Crippen molar-refractivity contribution < 1.29 is 22.7 Å². The van der Waals surface area contributed by atoms with Crippen LogP contribution in [0.4, 0.5) is 5.69 Å².